The van der Waals surface area contributed by atoms with E-state index in [1.165, 1.54) is 0 Å². The Kier molecular flexibility index (Phi) is 36.1. The minimum absolute atomic E-state index is 0.0106. The monoisotopic (exact) mass is 1000 g/mol. The van der Waals surface area contributed by atoms with E-state index in [1.807, 2.05) is 37.3 Å². The molecular weight excluding hydrogens is 922 g/mol. The molecule has 6 unspecified atom stereocenters. The lowest BCUT2D eigenvalue weighted by Crippen LogP contribution is -2.64. The predicted molar refractivity (Wildman–Crippen MR) is 261 cm³/mol. The van der Waals surface area contributed by atoms with Crippen molar-refractivity contribution < 1.29 is 82.0 Å². The first-order valence-electron chi connectivity index (χ1n) is 24.2. The van der Waals surface area contributed by atoms with Gasteiger partial charge in [-0.1, -0.05) is 144 Å². The molecule has 68 heavy (non-hydrogen) atoms. The van der Waals surface area contributed by atoms with Gasteiger partial charge in [0.05, 0.1) is 12.7 Å². The van der Waals surface area contributed by atoms with Gasteiger partial charge in [0, 0.05) is 12.8 Å². The second kappa shape index (κ2) is 38.8. The summed E-state index contributed by atoms with van der Waals surface area (Å²) in [5.41, 5.74) is 0. The van der Waals surface area contributed by atoms with Crippen LogP contribution in [-0.2, 0) is 41.8 Å². The van der Waals surface area contributed by atoms with E-state index in [-0.39, 0.29) is 12.8 Å². The molecule has 0 radical (unpaired) electrons. The summed E-state index contributed by atoms with van der Waals surface area (Å²) in [7, 11) is -10.7. The zero-order valence-electron chi connectivity index (χ0n) is 40.1. The molecule has 0 aromatic carbocycles. The van der Waals surface area contributed by atoms with Gasteiger partial charge in [-0.15, -0.1) is 0 Å². The third kappa shape index (κ3) is 32.9. The van der Waals surface area contributed by atoms with Crippen molar-refractivity contribution in [2.75, 3.05) is 13.2 Å². The number of allylic oxidation sites excluding steroid dienone is 12. The van der Waals surface area contributed by atoms with Crippen molar-refractivity contribution in [3.63, 3.8) is 0 Å². The lowest BCUT2D eigenvalue weighted by Gasteiger charge is -2.43. The van der Waals surface area contributed by atoms with E-state index in [2.05, 4.69) is 60.1 Å². The van der Waals surface area contributed by atoms with Crippen molar-refractivity contribution in [3.05, 3.63) is 85.1 Å². The van der Waals surface area contributed by atoms with Gasteiger partial charge in [-0.3, -0.25) is 23.2 Å². The van der Waals surface area contributed by atoms with Gasteiger partial charge in [-0.05, 0) is 77.0 Å². The number of ether oxygens (including phenoxy) is 2. The minimum Gasteiger partial charge on any atom is -0.462 e. The first-order valence-corrected chi connectivity index (χ1v) is 27.3. The summed E-state index contributed by atoms with van der Waals surface area (Å²) in [6, 6.07) is 0. The zero-order chi connectivity index (χ0) is 50.5. The van der Waals surface area contributed by atoms with E-state index >= 15 is 0 Å². The molecule has 0 aromatic rings. The molecule has 0 aliphatic heterocycles. The van der Waals surface area contributed by atoms with E-state index in [0.717, 1.165) is 103 Å². The Balaban J connectivity index is 2.61. The molecule has 1 fully saturated rings. The highest BCUT2D eigenvalue weighted by Crippen LogP contribution is 2.49. The molecule has 19 heteroatoms. The van der Waals surface area contributed by atoms with Crippen molar-refractivity contribution >= 4 is 27.6 Å². The highest BCUT2D eigenvalue weighted by Gasteiger charge is 2.54. The molecule has 0 bridgehead atoms. The lowest BCUT2D eigenvalue weighted by atomic mass is 9.85. The minimum atomic E-state index is -5.38. The van der Waals surface area contributed by atoms with Crippen LogP contribution in [0.3, 0.4) is 0 Å². The van der Waals surface area contributed by atoms with Crippen LogP contribution in [0.4, 0.5) is 0 Å². The Morgan fingerprint density at radius 2 is 1.03 bits per heavy atom. The van der Waals surface area contributed by atoms with Crippen LogP contribution in [0, 0.1) is 0 Å². The van der Waals surface area contributed by atoms with E-state index in [0.29, 0.717) is 19.3 Å². The summed E-state index contributed by atoms with van der Waals surface area (Å²) < 4.78 is 49.4. The largest absolute Gasteiger partial charge is 0.472 e. The Bertz CT molecular complexity index is 1650. The number of carbonyl (C=O) groups is 2. The molecule has 9 atom stereocenters. The van der Waals surface area contributed by atoms with Crippen LogP contribution in [-0.4, -0.2) is 114 Å². The Hall–Kier alpha value is -2.86. The van der Waals surface area contributed by atoms with Crippen LogP contribution in [0.2, 0.25) is 0 Å². The first-order chi connectivity index (χ1) is 32.5. The predicted octanol–water partition coefficient (Wildman–Crippen LogP) is 8.36. The SMILES string of the molecule is CC/C=C\C/C=C\C/C=C\C/C=C\CCCCCCCCC(=O)OC[C@H](COP(=O)(O)O[C@H]1C(O)C(O)C(O)[C@@H](OP(=O)(O)O)C1O)OC(=O)CCCCCCC/C=C/C=C/C(O)C/C=C/CC. The van der Waals surface area contributed by atoms with Gasteiger partial charge >= 0.3 is 27.6 Å². The fourth-order valence-corrected chi connectivity index (χ4v) is 8.36. The molecular formula is C49H82O17P2. The van der Waals surface area contributed by atoms with Crippen LogP contribution in [0.25, 0.3) is 0 Å². The molecule has 0 aromatic heterocycles. The molecule has 0 saturated heterocycles. The van der Waals surface area contributed by atoms with Crippen molar-refractivity contribution in [2.24, 2.45) is 0 Å². The van der Waals surface area contributed by atoms with Crippen LogP contribution < -0.4 is 0 Å². The quantitative estimate of drug-likeness (QED) is 0.00944. The van der Waals surface area contributed by atoms with Crippen molar-refractivity contribution in [2.45, 2.75) is 198 Å². The number of phosphoric ester groups is 2. The van der Waals surface area contributed by atoms with Gasteiger partial charge in [0.25, 0.3) is 0 Å². The number of hydrogen-bond acceptors (Lipinski definition) is 14. The maximum atomic E-state index is 13.0. The Morgan fingerprint density at radius 1 is 0.544 bits per heavy atom. The van der Waals surface area contributed by atoms with E-state index in [9.17, 15) is 58.9 Å². The second-order valence-electron chi connectivity index (χ2n) is 16.6. The maximum absolute atomic E-state index is 13.0. The van der Waals surface area contributed by atoms with Crippen molar-refractivity contribution in [1.82, 2.24) is 0 Å². The molecule has 0 heterocycles. The number of carbonyl (C=O) groups excluding carboxylic acids is 2. The van der Waals surface area contributed by atoms with Crippen molar-refractivity contribution in [1.29, 1.82) is 0 Å². The van der Waals surface area contributed by atoms with Gasteiger partial charge in [0.1, 0.15) is 43.2 Å². The standard InChI is InChI=1S/C49H82O17P2/c1-3-5-7-8-9-10-11-12-13-14-15-16-17-18-19-22-25-28-32-36-42(51)62-38-41(64-43(52)37-33-29-26-23-20-21-24-27-31-35-40(50)34-30-6-4-2)39-63-68(60,61)66-49-46(55)44(53)45(54)48(47(49)56)65-67(57,58)59/h5-7,9-10,12-13,15-16,24,27,30-31,35,40-41,44-50,53-56H,3-4,8,11,14,17-23,25-26,28-29,32-34,36-39H2,1-2H3,(H,60,61)(H2,57,58,59)/b7-5-,10-9-,13-12-,16-15-,27-24+,30-6+,35-31+/t40?,41-,44?,45?,46?,47?,48-,49+/m1/s1. The van der Waals surface area contributed by atoms with Crippen LogP contribution >= 0.6 is 15.6 Å². The summed E-state index contributed by atoms with van der Waals surface area (Å²) >= 11 is 0. The summed E-state index contributed by atoms with van der Waals surface area (Å²) in [4.78, 5) is 54.3. The number of unbranched alkanes of at least 4 members (excludes halogenated alkanes) is 11. The summed E-state index contributed by atoms with van der Waals surface area (Å²) in [6.45, 7) is 2.75. The number of rotatable bonds is 39. The van der Waals surface area contributed by atoms with Crippen LogP contribution in [0.1, 0.15) is 149 Å². The smallest absolute Gasteiger partial charge is 0.462 e. The number of aliphatic hydroxyl groups is 5. The van der Waals surface area contributed by atoms with E-state index < -0.39 is 89.6 Å². The van der Waals surface area contributed by atoms with Gasteiger partial charge in [0.2, 0.25) is 0 Å². The highest BCUT2D eigenvalue weighted by atomic mass is 31.2. The molecule has 0 amide bonds. The molecule has 1 saturated carbocycles. The average molecular weight is 1010 g/mol. The molecule has 17 nitrogen and oxygen atoms in total. The van der Waals surface area contributed by atoms with Crippen LogP contribution in [0.5, 0.6) is 0 Å². The molecule has 1 aliphatic carbocycles. The fourth-order valence-electron chi connectivity index (χ4n) is 6.82. The van der Waals surface area contributed by atoms with E-state index in [4.69, 9.17) is 18.5 Å². The van der Waals surface area contributed by atoms with Gasteiger partial charge in [0.15, 0.2) is 6.10 Å². The van der Waals surface area contributed by atoms with Gasteiger partial charge in [-0.2, -0.15) is 0 Å². The van der Waals surface area contributed by atoms with Crippen molar-refractivity contribution in [3.8, 4) is 0 Å². The summed E-state index contributed by atoms with van der Waals surface area (Å²) in [5, 5.41) is 51.2. The van der Waals surface area contributed by atoms with Gasteiger partial charge in [-0.25, -0.2) is 9.13 Å². The normalized spacial score (nSPS) is 22.4. The third-order valence-electron chi connectivity index (χ3n) is 10.5. The third-order valence-corrected chi connectivity index (χ3v) is 12.0. The maximum Gasteiger partial charge on any atom is 0.472 e. The molecule has 0 spiro atoms. The number of phosphoric acid groups is 2. The molecule has 8 N–H and O–H groups in total. The lowest BCUT2D eigenvalue weighted by molar-refractivity contribution is -0.216. The first kappa shape index (κ1) is 63.2. The molecule has 1 rings (SSSR count). The van der Waals surface area contributed by atoms with Gasteiger partial charge < -0.3 is 49.7 Å². The number of aliphatic hydroxyl groups excluding tert-OH is 5. The van der Waals surface area contributed by atoms with E-state index in [1.54, 1.807) is 6.08 Å². The highest BCUT2D eigenvalue weighted by molar-refractivity contribution is 7.47. The molecule has 390 valence electrons. The Labute approximate surface area is 404 Å². The number of esters is 2. The fraction of sp³-hybridized carbons (Fsp3) is 0.673. The average Bonchev–Trinajstić information content (AvgIpc) is 3.29. The molecule has 1 aliphatic rings. The summed E-state index contributed by atoms with van der Waals surface area (Å²) in [5.74, 6) is -1.28. The topological polar surface area (TPSA) is 276 Å². The second-order valence-corrected chi connectivity index (χ2v) is 19.2. The Morgan fingerprint density at radius 3 is 1.60 bits per heavy atom. The zero-order valence-corrected chi connectivity index (χ0v) is 41.9. The number of hydrogen-bond donors (Lipinski definition) is 8. The summed E-state index contributed by atoms with van der Waals surface area (Å²) in [6.07, 6.45) is 30.0. The van der Waals surface area contributed by atoms with Crippen LogP contribution in [0.15, 0.2) is 85.1 Å².